The van der Waals surface area contributed by atoms with Gasteiger partial charge in [0.25, 0.3) is 5.91 Å². The molecule has 6 heteroatoms. The monoisotopic (exact) mass is 271 g/mol. The minimum atomic E-state index is -0.459. The Morgan fingerprint density at radius 1 is 1.20 bits per heavy atom. The molecule has 1 amide bonds. The molecule has 20 heavy (non-hydrogen) atoms. The number of aromatic nitrogens is 2. The second kappa shape index (κ2) is 5.92. The quantitative estimate of drug-likeness (QED) is 0.861. The smallest absolute Gasteiger partial charge is 0.337 e. The highest BCUT2D eigenvalue weighted by atomic mass is 16.5. The lowest BCUT2D eigenvalue weighted by Gasteiger charge is -2.06. The SMILES string of the molecule is COC(=O)c1cccc(NC(=O)c2cc(C)ncn2)c1. The summed E-state index contributed by atoms with van der Waals surface area (Å²) in [6.07, 6.45) is 1.33. The van der Waals surface area contributed by atoms with E-state index >= 15 is 0 Å². The summed E-state index contributed by atoms with van der Waals surface area (Å²) in [7, 11) is 1.30. The Morgan fingerprint density at radius 2 is 2.00 bits per heavy atom. The molecule has 0 unspecified atom stereocenters. The van der Waals surface area contributed by atoms with Gasteiger partial charge in [-0.15, -0.1) is 0 Å². The van der Waals surface area contributed by atoms with Crippen LogP contribution in [0.4, 0.5) is 5.69 Å². The molecule has 0 atom stereocenters. The molecule has 0 fully saturated rings. The van der Waals surface area contributed by atoms with Gasteiger partial charge < -0.3 is 10.1 Å². The third-order valence-electron chi connectivity index (χ3n) is 2.58. The lowest BCUT2D eigenvalue weighted by atomic mass is 10.2. The van der Waals surface area contributed by atoms with E-state index in [1.807, 2.05) is 0 Å². The van der Waals surface area contributed by atoms with Crippen LogP contribution in [0.3, 0.4) is 0 Å². The number of nitrogens with zero attached hydrogens (tertiary/aromatic N) is 2. The van der Waals surface area contributed by atoms with Gasteiger partial charge in [-0.25, -0.2) is 14.8 Å². The van der Waals surface area contributed by atoms with Crippen molar-refractivity contribution in [1.82, 2.24) is 9.97 Å². The van der Waals surface area contributed by atoms with Gasteiger partial charge in [-0.1, -0.05) is 6.07 Å². The maximum atomic E-state index is 12.0. The highest BCUT2D eigenvalue weighted by Gasteiger charge is 2.10. The number of methoxy groups -OCH3 is 1. The average Bonchev–Trinajstić information content (AvgIpc) is 2.46. The molecule has 0 bridgehead atoms. The normalized spacial score (nSPS) is 9.90. The van der Waals surface area contributed by atoms with Crippen LogP contribution in [0.1, 0.15) is 26.5 Å². The number of hydrogen-bond acceptors (Lipinski definition) is 5. The average molecular weight is 271 g/mol. The van der Waals surface area contributed by atoms with Gasteiger partial charge in [0.1, 0.15) is 12.0 Å². The number of benzene rings is 1. The first kappa shape index (κ1) is 13.7. The topological polar surface area (TPSA) is 81.2 Å². The van der Waals surface area contributed by atoms with Crippen molar-refractivity contribution in [2.45, 2.75) is 6.92 Å². The van der Waals surface area contributed by atoms with E-state index < -0.39 is 5.97 Å². The Kier molecular flexibility index (Phi) is 4.05. The van der Waals surface area contributed by atoms with E-state index in [1.165, 1.54) is 19.5 Å². The van der Waals surface area contributed by atoms with Crippen molar-refractivity contribution in [2.75, 3.05) is 12.4 Å². The second-order valence-corrected chi connectivity index (χ2v) is 4.07. The van der Waals surface area contributed by atoms with Crippen molar-refractivity contribution in [3.8, 4) is 0 Å². The van der Waals surface area contributed by atoms with E-state index in [9.17, 15) is 9.59 Å². The highest BCUT2D eigenvalue weighted by molar-refractivity contribution is 6.03. The number of carbonyl (C=O) groups is 2. The summed E-state index contributed by atoms with van der Waals surface area (Å²) in [5, 5.41) is 2.67. The number of rotatable bonds is 3. The zero-order valence-electron chi connectivity index (χ0n) is 11.1. The molecule has 0 aliphatic heterocycles. The summed E-state index contributed by atoms with van der Waals surface area (Å²) in [4.78, 5) is 31.2. The Labute approximate surface area is 115 Å². The van der Waals surface area contributed by atoms with Crippen LogP contribution in [0.2, 0.25) is 0 Å². The fourth-order valence-corrected chi connectivity index (χ4v) is 1.62. The lowest BCUT2D eigenvalue weighted by Crippen LogP contribution is -2.14. The van der Waals surface area contributed by atoms with Gasteiger partial charge in [0.05, 0.1) is 12.7 Å². The summed E-state index contributed by atoms with van der Waals surface area (Å²) in [5.41, 5.74) is 1.83. The van der Waals surface area contributed by atoms with Crippen LogP contribution in [0.15, 0.2) is 36.7 Å². The number of aryl methyl sites for hydroxylation is 1. The Balaban J connectivity index is 2.18. The van der Waals surface area contributed by atoms with Crippen molar-refractivity contribution in [1.29, 1.82) is 0 Å². The highest BCUT2D eigenvalue weighted by Crippen LogP contribution is 2.12. The van der Waals surface area contributed by atoms with Crippen LogP contribution >= 0.6 is 0 Å². The molecule has 102 valence electrons. The van der Waals surface area contributed by atoms with Crippen molar-refractivity contribution >= 4 is 17.6 Å². The molecule has 0 radical (unpaired) electrons. The van der Waals surface area contributed by atoms with Gasteiger partial charge in [-0.05, 0) is 31.2 Å². The van der Waals surface area contributed by atoms with Gasteiger partial charge in [-0.2, -0.15) is 0 Å². The van der Waals surface area contributed by atoms with Crippen LogP contribution in [-0.4, -0.2) is 29.0 Å². The fourth-order valence-electron chi connectivity index (χ4n) is 1.62. The van der Waals surface area contributed by atoms with E-state index in [4.69, 9.17) is 0 Å². The zero-order valence-corrected chi connectivity index (χ0v) is 11.1. The molecular formula is C14H13N3O3. The van der Waals surface area contributed by atoms with Crippen LogP contribution in [0.25, 0.3) is 0 Å². The minimum absolute atomic E-state index is 0.265. The van der Waals surface area contributed by atoms with Crippen LogP contribution < -0.4 is 5.32 Å². The van der Waals surface area contributed by atoms with E-state index in [-0.39, 0.29) is 11.6 Å². The van der Waals surface area contributed by atoms with Crippen LogP contribution in [-0.2, 0) is 4.74 Å². The molecule has 0 spiro atoms. The minimum Gasteiger partial charge on any atom is -0.465 e. The van der Waals surface area contributed by atoms with Crippen LogP contribution in [0, 0.1) is 6.92 Å². The molecule has 2 rings (SSSR count). The Bertz CT molecular complexity index is 656. The molecule has 0 aliphatic carbocycles. The molecular weight excluding hydrogens is 258 g/mol. The zero-order chi connectivity index (χ0) is 14.5. The molecule has 0 saturated heterocycles. The first-order valence-corrected chi connectivity index (χ1v) is 5.88. The summed E-state index contributed by atoms with van der Waals surface area (Å²) in [5.74, 6) is -0.823. The number of nitrogens with one attached hydrogen (secondary N) is 1. The first-order chi connectivity index (χ1) is 9.60. The molecule has 1 aromatic carbocycles. The van der Waals surface area contributed by atoms with Gasteiger partial charge >= 0.3 is 5.97 Å². The van der Waals surface area contributed by atoms with Gasteiger partial charge in [0.2, 0.25) is 0 Å². The predicted octanol–water partition coefficient (Wildman–Crippen LogP) is 1.82. The van der Waals surface area contributed by atoms with E-state index in [2.05, 4.69) is 20.0 Å². The van der Waals surface area contributed by atoms with Crippen molar-refractivity contribution in [3.05, 3.63) is 53.6 Å². The number of carbonyl (C=O) groups excluding carboxylic acids is 2. The molecule has 1 aromatic heterocycles. The van der Waals surface area contributed by atoms with Crippen LogP contribution in [0.5, 0.6) is 0 Å². The summed E-state index contributed by atoms with van der Waals surface area (Å²) in [6.45, 7) is 1.77. The van der Waals surface area contributed by atoms with Gasteiger partial charge in [-0.3, -0.25) is 4.79 Å². The second-order valence-electron chi connectivity index (χ2n) is 4.07. The third kappa shape index (κ3) is 3.17. The molecule has 1 heterocycles. The largest absolute Gasteiger partial charge is 0.465 e. The summed E-state index contributed by atoms with van der Waals surface area (Å²) >= 11 is 0. The number of ether oxygens (including phenoxy) is 1. The van der Waals surface area contributed by atoms with E-state index in [0.717, 1.165) is 0 Å². The lowest BCUT2D eigenvalue weighted by molar-refractivity contribution is 0.0600. The Morgan fingerprint density at radius 3 is 2.70 bits per heavy atom. The van der Waals surface area contributed by atoms with Gasteiger partial charge in [0, 0.05) is 11.4 Å². The van der Waals surface area contributed by atoms with Crippen molar-refractivity contribution in [2.24, 2.45) is 0 Å². The number of amides is 1. The van der Waals surface area contributed by atoms with Crippen molar-refractivity contribution in [3.63, 3.8) is 0 Å². The van der Waals surface area contributed by atoms with E-state index in [0.29, 0.717) is 16.9 Å². The number of hydrogen-bond donors (Lipinski definition) is 1. The first-order valence-electron chi connectivity index (χ1n) is 5.88. The fraction of sp³-hybridized carbons (Fsp3) is 0.143. The van der Waals surface area contributed by atoms with E-state index in [1.54, 1.807) is 31.2 Å². The van der Waals surface area contributed by atoms with Crippen molar-refractivity contribution < 1.29 is 14.3 Å². The molecule has 1 N–H and O–H groups in total. The summed E-state index contributed by atoms with van der Waals surface area (Å²) < 4.78 is 4.62. The predicted molar refractivity (Wildman–Crippen MR) is 72.5 cm³/mol. The summed E-state index contributed by atoms with van der Waals surface area (Å²) in [6, 6.07) is 8.07. The molecule has 0 aliphatic rings. The Hall–Kier alpha value is -2.76. The number of esters is 1. The number of anilines is 1. The maximum Gasteiger partial charge on any atom is 0.337 e. The molecule has 6 nitrogen and oxygen atoms in total. The molecule has 0 saturated carbocycles. The standard InChI is InChI=1S/C14H13N3O3/c1-9-6-12(16-8-15-9)13(18)17-11-5-3-4-10(7-11)14(19)20-2/h3-8H,1-2H3,(H,17,18). The molecule has 2 aromatic rings. The van der Waals surface area contributed by atoms with Gasteiger partial charge in [0.15, 0.2) is 0 Å². The maximum absolute atomic E-state index is 12.0. The third-order valence-corrected chi connectivity index (χ3v) is 2.58.